The van der Waals surface area contributed by atoms with Crippen LogP contribution < -0.4 is 0 Å². The number of rotatable bonds is 6. The van der Waals surface area contributed by atoms with Gasteiger partial charge in [0.25, 0.3) is 0 Å². The van der Waals surface area contributed by atoms with Crippen molar-refractivity contribution in [1.82, 2.24) is 15.0 Å². The Kier molecular flexibility index (Phi) is 7.49. The summed E-state index contributed by atoms with van der Waals surface area (Å²) in [6, 6.07) is 65.7. The van der Waals surface area contributed by atoms with Gasteiger partial charge in [0.05, 0.1) is 0 Å². The molecule has 0 radical (unpaired) electrons. The Morgan fingerprint density at radius 2 is 0.540 bits per heavy atom. The average Bonchev–Trinajstić information content (AvgIpc) is 3.21. The van der Waals surface area contributed by atoms with Gasteiger partial charge in [0, 0.05) is 16.7 Å². The maximum atomic E-state index is 5.11. The lowest BCUT2D eigenvalue weighted by atomic mass is 9.86. The molecule has 8 aromatic carbocycles. The van der Waals surface area contributed by atoms with E-state index in [1.807, 2.05) is 42.5 Å². The van der Waals surface area contributed by atoms with E-state index in [9.17, 15) is 0 Å². The topological polar surface area (TPSA) is 38.7 Å². The molecule has 0 bridgehead atoms. The van der Waals surface area contributed by atoms with Gasteiger partial charge in [0.1, 0.15) is 0 Å². The first kappa shape index (κ1) is 29.4. The Bertz CT molecular complexity index is 2560. The van der Waals surface area contributed by atoms with E-state index in [2.05, 4.69) is 146 Å². The number of fused-ring (bicyclic) bond motifs is 2. The smallest absolute Gasteiger partial charge is 0.164 e. The third-order valence-corrected chi connectivity index (χ3v) is 9.35. The molecule has 0 aliphatic carbocycles. The summed E-state index contributed by atoms with van der Waals surface area (Å²) in [7, 11) is 0. The van der Waals surface area contributed by atoms with Crippen LogP contribution in [-0.4, -0.2) is 15.0 Å². The second-order valence-electron chi connectivity index (χ2n) is 12.4. The minimum absolute atomic E-state index is 0.636. The Morgan fingerprint density at radius 1 is 0.220 bits per heavy atom. The highest BCUT2D eigenvalue weighted by atomic mass is 15.0. The normalized spacial score (nSPS) is 11.2. The Morgan fingerprint density at radius 3 is 1.04 bits per heavy atom. The molecule has 0 atom stereocenters. The summed E-state index contributed by atoms with van der Waals surface area (Å²) in [5, 5.41) is 4.93. The van der Waals surface area contributed by atoms with Gasteiger partial charge in [-0.05, 0) is 54.9 Å². The minimum atomic E-state index is 0.636. The third kappa shape index (κ3) is 5.32. The molecule has 0 fully saturated rings. The minimum Gasteiger partial charge on any atom is -0.208 e. The molecule has 9 aromatic rings. The summed E-state index contributed by atoms with van der Waals surface area (Å²) in [5.74, 6) is 1.93. The van der Waals surface area contributed by atoms with Crippen molar-refractivity contribution in [2.45, 2.75) is 0 Å². The molecule has 0 amide bonds. The summed E-state index contributed by atoms with van der Waals surface area (Å²) in [6.07, 6.45) is 0. The Balaban J connectivity index is 1.21. The van der Waals surface area contributed by atoms with Gasteiger partial charge in [-0.15, -0.1) is 0 Å². The molecule has 0 unspecified atom stereocenters. The molecule has 234 valence electrons. The predicted molar refractivity (Wildman–Crippen MR) is 207 cm³/mol. The van der Waals surface area contributed by atoms with E-state index in [0.29, 0.717) is 17.5 Å². The maximum absolute atomic E-state index is 5.11. The van der Waals surface area contributed by atoms with Gasteiger partial charge in [-0.2, -0.15) is 0 Å². The molecule has 0 saturated heterocycles. The largest absolute Gasteiger partial charge is 0.208 e. The molecular weight excluding hydrogens is 607 g/mol. The molecule has 1 aromatic heterocycles. The summed E-state index contributed by atoms with van der Waals surface area (Å²) in [4.78, 5) is 15.2. The monoisotopic (exact) mass is 637 g/mol. The van der Waals surface area contributed by atoms with Crippen molar-refractivity contribution in [1.29, 1.82) is 0 Å². The van der Waals surface area contributed by atoms with Gasteiger partial charge in [-0.25, -0.2) is 15.0 Å². The first-order chi connectivity index (χ1) is 24.8. The second kappa shape index (κ2) is 12.7. The van der Waals surface area contributed by atoms with Gasteiger partial charge in [0.2, 0.25) is 0 Å². The van der Waals surface area contributed by atoms with Crippen molar-refractivity contribution in [3.63, 3.8) is 0 Å². The SMILES string of the molecule is c1ccc(-c2nc(-c3ccc(-c4c5ccccc5c(-c5ccccc5)c5ccccc45)cc3)nc(-c3ccccc3-c3ccccc3)n2)cc1. The zero-order valence-corrected chi connectivity index (χ0v) is 27.2. The molecule has 0 spiro atoms. The first-order valence-corrected chi connectivity index (χ1v) is 16.9. The van der Waals surface area contributed by atoms with Gasteiger partial charge >= 0.3 is 0 Å². The Hall–Kier alpha value is -6.71. The number of aromatic nitrogens is 3. The fraction of sp³-hybridized carbons (Fsp3) is 0. The molecule has 0 aliphatic heterocycles. The van der Waals surface area contributed by atoms with Crippen LogP contribution in [0.1, 0.15) is 0 Å². The van der Waals surface area contributed by atoms with E-state index < -0.39 is 0 Å². The van der Waals surface area contributed by atoms with Gasteiger partial charge in [-0.1, -0.05) is 188 Å². The lowest BCUT2D eigenvalue weighted by Gasteiger charge is -2.18. The Labute approximate surface area is 291 Å². The van der Waals surface area contributed by atoms with E-state index in [1.165, 1.54) is 38.2 Å². The summed E-state index contributed by atoms with van der Waals surface area (Å²) in [6.45, 7) is 0. The van der Waals surface area contributed by atoms with Crippen LogP contribution >= 0.6 is 0 Å². The van der Waals surface area contributed by atoms with Crippen molar-refractivity contribution in [2.24, 2.45) is 0 Å². The highest BCUT2D eigenvalue weighted by Gasteiger charge is 2.18. The number of hydrogen-bond donors (Lipinski definition) is 0. The van der Waals surface area contributed by atoms with E-state index in [4.69, 9.17) is 15.0 Å². The third-order valence-electron chi connectivity index (χ3n) is 9.35. The summed E-state index contributed by atoms with van der Waals surface area (Å²) in [5.41, 5.74) is 9.89. The first-order valence-electron chi connectivity index (χ1n) is 16.9. The van der Waals surface area contributed by atoms with Crippen LogP contribution in [0, 0.1) is 0 Å². The molecule has 3 heteroatoms. The molecule has 0 N–H and O–H groups in total. The van der Waals surface area contributed by atoms with Crippen LogP contribution in [0.15, 0.2) is 188 Å². The molecule has 1 heterocycles. The molecule has 3 nitrogen and oxygen atoms in total. The van der Waals surface area contributed by atoms with Crippen LogP contribution in [0.5, 0.6) is 0 Å². The highest BCUT2D eigenvalue weighted by molar-refractivity contribution is 6.21. The van der Waals surface area contributed by atoms with Crippen molar-refractivity contribution in [2.75, 3.05) is 0 Å². The molecule has 0 saturated carbocycles. The zero-order chi connectivity index (χ0) is 33.3. The van der Waals surface area contributed by atoms with Crippen molar-refractivity contribution in [3.8, 4) is 67.5 Å². The van der Waals surface area contributed by atoms with E-state index in [-0.39, 0.29) is 0 Å². The fourth-order valence-electron chi connectivity index (χ4n) is 7.03. The standard InChI is InChI=1S/C47H31N3/c1-4-16-32(17-5-1)37-22-10-15-27-42(37)47-49-45(35-20-8-3-9-21-35)48-46(50-47)36-30-28-34(29-31-36)44-40-25-13-11-23-38(40)43(33-18-6-2-7-19-33)39-24-12-14-26-41(39)44/h1-31H. The van der Waals surface area contributed by atoms with Gasteiger partial charge in [0.15, 0.2) is 17.5 Å². The van der Waals surface area contributed by atoms with Crippen molar-refractivity contribution in [3.05, 3.63) is 188 Å². The molecule has 9 rings (SSSR count). The highest BCUT2D eigenvalue weighted by Crippen LogP contribution is 2.44. The summed E-state index contributed by atoms with van der Waals surface area (Å²) >= 11 is 0. The maximum Gasteiger partial charge on any atom is 0.164 e. The lowest BCUT2D eigenvalue weighted by molar-refractivity contribution is 1.07. The molecular formula is C47H31N3. The van der Waals surface area contributed by atoms with Crippen LogP contribution in [-0.2, 0) is 0 Å². The van der Waals surface area contributed by atoms with Crippen LogP contribution in [0.3, 0.4) is 0 Å². The van der Waals surface area contributed by atoms with Crippen LogP contribution in [0.25, 0.3) is 89.1 Å². The lowest BCUT2D eigenvalue weighted by Crippen LogP contribution is -2.01. The molecule has 50 heavy (non-hydrogen) atoms. The predicted octanol–water partition coefficient (Wildman–Crippen LogP) is 12.2. The van der Waals surface area contributed by atoms with Crippen LogP contribution in [0.4, 0.5) is 0 Å². The van der Waals surface area contributed by atoms with E-state index >= 15 is 0 Å². The number of hydrogen-bond acceptors (Lipinski definition) is 3. The van der Waals surface area contributed by atoms with Crippen LogP contribution in [0.2, 0.25) is 0 Å². The molecule has 0 aliphatic rings. The van der Waals surface area contributed by atoms with Crippen molar-refractivity contribution < 1.29 is 0 Å². The average molecular weight is 638 g/mol. The second-order valence-corrected chi connectivity index (χ2v) is 12.4. The van der Waals surface area contributed by atoms with Crippen molar-refractivity contribution >= 4 is 21.5 Å². The number of nitrogens with zero attached hydrogens (tertiary/aromatic N) is 3. The zero-order valence-electron chi connectivity index (χ0n) is 27.2. The quantitative estimate of drug-likeness (QED) is 0.170. The van der Waals surface area contributed by atoms with E-state index in [0.717, 1.165) is 33.4 Å². The number of benzene rings is 8. The summed E-state index contributed by atoms with van der Waals surface area (Å²) < 4.78 is 0. The van der Waals surface area contributed by atoms with Gasteiger partial charge in [-0.3, -0.25) is 0 Å². The van der Waals surface area contributed by atoms with E-state index in [1.54, 1.807) is 0 Å². The van der Waals surface area contributed by atoms with Gasteiger partial charge < -0.3 is 0 Å². The fourth-order valence-corrected chi connectivity index (χ4v) is 7.03.